The summed E-state index contributed by atoms with van der Waals surface area (Å²) in [5.74, 6) is 2.39. The molecule has 12 fully saturated rings. The minimum atomic E-state index is -0.416. The van der Waals surface area contributed by atoms with Crippen LogP contribution in [0.4, 0.5) is 0 Å². The van der Waals surface area contributed by atoms with Crippen LogP contribution >= 0.6 is 0 Å². The first-order valence-corrected chi connectivity index (χ1v) is 22.5. The van der Waals surface area contributed by atoms with Crippen molar-refractivity contribution in [1.82, 2.24) is 0 Å². The average Bonchev–Trinajstić information content (AvgIpc) is 4.06. The first kappa shape index (κ1) is 40.1. The molecule has 0 aromatic rings. The number of carbonyl (C=O) groups is 1. The minimum Gasteiger partial charge on any atom is -0.489 e. The van der Waals surface area contributed by atoms with Crippen LogP contribution in [0.2, 0.25) is 0 Å². The van der Waals surface area contributed by atoms with Crippen molar-refractivity contribution in [1.29, 1.82) is 0 Å². The van der Waals surface area contributed by atoms with Crippen LogP contribution in [-0.4, -0.2) is 105 Å². The summed E-state index contributed by atoms with van der Waals surface area (Å²) in [5.41, 5.74) is -0.170. The third kappa shape index (κ3) is 6.72. The van der Waals surface area contributed by atoms with Gasteiger partial charge in [0.25, 0.3) is 0 Å². The third-order valence-electron chi connectivity index (χ3n) is 16.6. The van der Waals surface area contributed by atoms with Crippen LogP contribution in [-0.2, 0) is 52.2 Å². The fourth-order valence-corrected chi connectivity index (χ4v) is 13.5. The Hall–Kier alpha value is -1.31. The quantitative estimate of drug-likeness (QED) is 0.257. The number of carbonyl (C=O) groups excluding carboxylic acids is 1. The molecule has 8 aliphatic heterocycles. The van der Waals surface area contributed by atoms with Gasteiger partial charge in [0.05, 0.1) is 50.8 Å². The SMILES string of the molecule is C=C1C[C@@H]2OC[C@@H]3CCCCC32O1.CO[C@@]1(C)C[C@@H]2OC[C@@H]3CCCCC32O1.CO[C@]1(C)C[C@@H]2OC[C@@H]3CCCCC32O1.O=C1C[C@@H]2OC[C@@H]3CCCC[C@]32O1. The fraction of sp³-hybridized carbons (Fsp3) is 0.933. The summed E-state index contributed by atoms with van der Waals surface area (Å²) < 4.78 is 58.2. The van der Waals surface area contributed by atoms with Gasteiger partial charge in [-0.15, -0.1) is 0 Å². The Morgan fingerprint density at radius 1 is 0.518 bits per heavy atom. The van der Waals surface area contributed by atoms with E-state index in [0.29, 0.717) is 36.2 Å². The molecule has 0 amide bonds. The molecule has 14 atom stereocenters. The second-order valence-electron chi connectivity index (χ2n) is 19.7. The largest absolute Gasteiger partial charge is 0.489 e. The summed E-state index contributed by atoms with van der Waals surface area (Å²) in [6.07, 6.45) is 23.9. The molecule has 8 saturated heterocycles. The van der Waals surface area contributed by atoms with Gasteiger partial charge in [-0.3, -0.25) is 4.79 Å². The van der Waals surface area contributed by atoms with Gasteiger partial charge in [-0.1, -0.05) is 45.1 Å². The lowest BCUT2D eigenvalue weighted by atomic mass is 9.75. The van der Waals surface area contributed by atoms with Gasteiger partial charge in [0.2, 0.25) is 0 Å². The first-order valence-electron chi connectivity index (χ1n) is 22.5. The predicted octanol–water partition coefficient (Wildman–Crippen LogP) is 7.70. The highest BCUT2D eigenvalue weighted by Gasteiger charge is 2.64. The Kier molecular flexibility index (Phi) is 11.0. The predicted molar refractivity (Wildman–Crippen MR) is 205 cm³/mol. The lowest BCUT2D eigenvalue weighted by Gasteiger charge is -2.38. The Morgan fingerprint density at radius 3 is 1.34 bits per heavy atom. The minimum absolute atomic E-state index is 0.0109. The van der Waals surface area contributed by atoms with E-state index in [9.17, 15) is 4.79 Å². The smallest absolute Gasteiger partial charge is 0.309 e. The maximum atomic E-state index is 11.2. The highest BCUT2D eigenvalue weighted by atomic mass is 16.7. The van der Waals surface area contributed by atoms with Crippen LogP contribution < -0.4 is 0 Å². The number of rotatable bonds is 2. The Balaban J connectivity index is 0.0000000977. The molecule has 4 spiro atoms. The maximum absolute atomic E-state index is 11.2. The molecule has 11 heteroatoms. The van der Waals surface area contributed by atoms with Gasteiger partial charge < -0.3 is 47.4 Å². The molecule has 3 unspecified atom stereocenters. The number of hydrogen-bond acceptors (Lipinski definition) is 11. The third-order valence-corrected chi connectivity index (χ3v) is 16.6. The second kappa shape index (κ2) is 15.3. The van der Waals surface area contributed by atoms with Crippen LogP contribution in [0.3, 0.4) is 0 Å². The zero-order chi connectivity index (χ0) is 38.8. The normalized spacial score (nSPS) is 51.4. The molecule has 56 heavy (non-hydrogen) atoms. The van der Waals surface area contributed by atoms with Gasteiger partial charge in [0, 0.05) is 57.2 Å². The van der Waals surface area contributed by atoms with Gasteiger partial charge in [0.15, 0.2) is 11.6 Å². The number of ether oxygens (including phenoxy) is 10. The highest BCUT2D eigenvalue weighted by Crippen LogP contribution is 2.56. The molecule has 4 aliphatic carbocycles. The number of hydrogen-bond donors (Lipinski definition) is 0. The van der Waals surface area contributed by atoms with Gasteiger partial charge in [-0.25, -0.2) is 0 Å². The Bertz CT molecular complexity index is 1340. The molecule has 0 radical (unpaired) electrons. The van der Waals surface area contributed by atoms with Gasteiger partial charge in [-0.05, 0) is 78.1 Å². The molecule has 0 aromatic heterocycles. The standard InChI is InChI=1S/2C12H20O3.C11H16O2.C10H14O3/c2*1-11(13-2)7-10-12(15-11)6-4-3-5-9(12)8-14-10;1-8-6-10-11(13-8)5-3-2-4-9(11)7-12-10;11-9-5-8-10(13-9)4-2-1-3-7(10)6-12-8/h2*9-10H,3-8H2,1-2H3;9-10H,1-7H2;7-8H,1-6H2/t9-,10-,11+,12?;9-,10-,11-,12?;9-,10-,11?;7-,8-,10-/m0000/s1. The molecule has 0 aromatic carbocycles. The summed E-state index contributed by atoms with van der Waals surface area (Å²) in [7, 11) is 3.46. The highest BCUT2D eigenvalue weighted by molar-refractivity contribution is 5.73. The summed E-state index contributed by atoms with van der Waals surface area (Å²) in [4.78, 5) is 11.2. The van der Waals surface area contributed by atoms with Crippen molar-refractivity contribution < 1.29 is 52.2 Å². The summed E-state index contributed by atoms with van der Waals surface area (Å²) in [6.45, 7) is 11.5. The molecule has 0 N–H and O–H groups in total. The number of methoxy groups -OCH3 is 2. The molecule has 316 valence electrons. The molecule has 4 saturated carbocycles. The summed E-state index contributed by atoms with van der Waals surface area (Å²) in [5, 5.41) is 0. The van der Waals surface area contributed by atoms with E-state index in [0.717, 1.165) is 70.7 Å². The van der Waals surface area contributed by atoms with E-state index in [1.54, 1.807) is 14.2 Å². The van der Waals surface area contributed by atoms with Crippen LogP contribution in [0.5, 0.6) is 0 Å². The average molecular weight is 787 g/mol. The van der Waals surface area contributed by atoms with Crippen molar-refractivity contribution in [2.75, 3.05) is 40.6 Å². The molecule has 0 bridgehead atoms. The summed E-state index contributed by atoms with van der Waals surface area (Å²) >= 11 is 0. The fourth-order valence-electron chi connectivity index (χ4n) is 13.5. The molecule has 12 aliphatic rings. The van der Waals surface area contributed by atoms with Crippen LogP contribution in [0.1, 0.15) is 142 Å². The lowest BCUT2D eigenvalue weighted by molar-refractivity contribution is -0.243. The Morgan fingerprint density at radius 2 is 0.893 bits per heavy atom. The van der Waals surface area contributed by atoms with Gasteiger partial charge >= 0.3 is 5.97 Å². The van der Waals surface area contributed by atoms with Crippen molar-refractivity contribution in [2.24, 2.45) is 23.7 Å². The van der Waals surface area contributed by atoms with Crippen molar-refractivity contribution in [3.8, 4) is 0 Å². The zero-order valence-corrected chi connectivity index (χ0v) is 34.8. The molecular weight excluding hydrogens is 716 g/mol. The molecule has 8 heterocycles. The Labute approximate surface area is 334 Å². The topological polar surface area (TPSA) is 109 Å². The maximum Gasteiger partial charge on any atom is 0.309 e. The summed E-state index contributed by atoms with van der Waals surface area (Å²) in [6, 6.07) is 0. The van der Waals surface area contributed by atoms with Crippen LogP contribution in [0.15, 0.2) is 12.3 Å². The molecule has 12 rings (SSSR count). The van der Waals surface area contributed by atoms with E-state index in [2.05, 4.69) is 6.58 Å². The van der Waals surface area contributed by atoms with Crippen molar-refractivity contribution >= 4 is 5.97 Å². The van der Waals surface area contributed by atoms with E-state index in [4.69, 9.17) is 47.4 Å². The van der Waals surface area contributed by atoms with E-state index >= 15 is 0 Å². The van der Waals surface area contributed by atoms with E-state index < -0.39 is 11.6 Å². The lowest BCUT2D eigenvalue weighted by Crippen LogP contribution is -2.45. The van der Waals surface area contributed by atoms with E-state index in [1.807, 2.05) is 13.8 Å². The zero-order valence-electron chi connectivity index (χ0n) is 34.8. The van der Waals surface area contributed by atoms with E-state index in [1.165, 1.54) is 83.5 Å². The van der Waals surface area contributed by atoms with Crippen molar-refractivity contribution in [3.63, 3.8) is 0 Å². The van der Waals surface area contributed by atoms with Crippen molar-refractivity contribution in [2.45, 2.75) is 201 Å². The van der Waals surface area contributed by atoms with Crippen LogP contribution in [0.25, 0.3) is 0 Å². The molecular formula is C45H70O11. The monoisotopic (exact) mass is 786 g/mol. The first-order chi connectivity index (χ1) is 27.0. The van der Waals surface area contributed by atoms with Gasteiger partial charge in [0.1, 0.15) is 34.6 Å². The van der Waals surface area contributed by atoms with Crippen molar-refractivity contribution in [3.05, 3.63) is 12.3 Å². The van der Waals surface area contributed by atoms with Gasteiger partial charge in [-0.2, -0.15) is 0 Å². The molecule has 11 nitrogen and oxygen atoms in total. The van der Waals surface area contributed by atoms with Crippen LogP contribution in [0, 0.1) is 23.7 Å². The second-order valence-corrected chi connectivity index (χ2v) is 19.7. The number of esters is 1. The van der Waals surface area contributed by atoms with E-state index in [-0.39, 0.29) is 46.7 Å².